The predicted molar refractivity (Wildman–Crippen MR) is 84.8 cm³/mol. The molecule has 1 aromatic carbocycles. The van der Waals surface area contributed by atoms with E-state index in [-0.39, 0.29) is 5.69 Å². The number of thiazole rings is 1. The number of oxazole rings is 1. The molecule has 0 saturated carbocycles. The number of nitrogens with zero attached hydrogens (tertiary/aromatic N) is 3. The first-order valence-corrected chi connectivity index (χ1v) is 8.42. The second kappa shape index (κ2) is 5.74. The van der Waals surface area contributed by atoms with Gasteiger partial charge in [-0.1, -0.05) is 11.8 Å². The van der Waals surface area contributed by atoms with E-state index < -0.39 is 4.92 Å². The Bertz CT molecular complexity index is 830. The summed E-state index contributed by atoms with van der Waals surface area (Å²) in [7, 11) is 0. The molecule has 9 heteroatoms. The smallest absolute Gasteiger partial charge is 0.271 e. The van der Waals surface area contributed by atoms with Crippen LogP contribution in [-0.2, 0) is 5.75 Å². The third kappa shape index (κ3) is 3.09. The molecule has 0 radical (unpaired) electrons. The topological polar surface area (TPSA) is 82.1 Å². The van der Waals surface area contributed by atoms with Crippen LogP contribution in [0.5, 0.6) is 0 Å². The summed E-state index contributed by atoms with van der Waals surface area (Å²) in [4.78, 5) is 19.0. The average Bonchev–Trinajstić information content (AvgIpc) is 2.97. The van der Waals surface area contributed by atoms with Crippen molar-refractivity contribution in [2.75, 3.05) is 0 Å². The minimum atomic E-state index is -0.448. The predicted octanol–water partition coefficient (Wildman–Crippen LogP) is 4.56. The lowest BCUT2D eigenvalue weighted by Crippen LogP contribution is -1.86. The molecule has 6 nitrogen and oxygen atoms in total. The normalized spacial score (nSPS) is 11.1. The maximum atomic E-state index is 10.7. The number of benzene rings is 1. The van der Waals surface area contributed by atoms with Crippen LogP contribution in [0.2, 0.25) is 0 Å². The van der Waals surface area contributed by atoms with Crippen LogP contribution in [0.3, 0.4) is 0 Å². The maximum Gasteiger partial charge on any atom is 0.271 e. The first kappa shape index (κ1) is 14.5. The van der Waals surface area contributed by atoms with Crippen LogP contribution in [0.25, 0.3) is 11.1 Å². The number of hydrogen-bond acceptors (Lipinski definition) is 7. The van der Waals surface area contributed by atoms with Gasteiger partial charge in [-0.25, -0.2) is 9.97 Å². The van der Waals surface area contributed by atoms with E-state index in [4.69, 9.17) is 4.42 Å². The summed E-state index contributed by atoms with van der Waals surface area (Å²) in [5, 5.41) is 12.2. The third-order valence-electron chi connectivity index (χ3n) is 2.65. The van der Waals surface area contributed by atoms with Gasteiger partial charge in [-0.3, -0.25) is 10.1 Å². The molecule has 0 aliphatic rings. The zero-order valence-corrected chi connectivity index (χ0v) is 13.9. The number of nitro benzene ring substituents is 1. The molecule has 21 heavy (non-hydrogen) atoms. The molecular weight excluding hydrogens is 378 g/mol. The number of rotatable bonds is 4. The van der Waals surface area contributed by atoms with Crippen molar-refractivity contribution in [3.8, 4) is 0 Å². The van der Waals surface area contributed by atoms with E-state index in [2.05, 4.69) is 25.9 Å². The van der Waals surface area contributed by atoms with E-state index >= 15 is 0 Å². The van der Waals surface area contributed by atoms with E-state index in [1.54, 1.807) is 17.4 Å². The lowest BCUT2D eigenvalue weighted by molar-refractivity contribution is -0.384. The van der Waals surface area contributed by atoms with Crippen LogP contribution in [-0.4, -0.2) is 14.9 Å². The van der Waals surface area contributed by atoms with Gasteiger partial charge in [-0.05, 0) is 28.9 Å². The van der Waals surface area contributed by atoms with Crippen molar-refractivity contribution in [2.45, 2.75) is 17.9 Å². The highest BCUT2D eigenvalue weighted by molar-refractivity contribution is 9.11. The molecule has 0 unspecified atom stereocenters. The van der Waals surface area contributed by atoms with E-state index in [0.29, 0.717) is 22.1 Å². The van der Waals surface area contributed by atoms with Crippen molar-refractivity contribution in [1.29, 1.82) is 0 Å². The minimum Gasteiger partial charge on any atom is -0.431 e. The van der Waals surface area contributed by atoms with Crippen LogP contribution in [0.15, 0.2) is 31.6 Å². The highest BCUT2D eigenvalue weighted by Gasteiger charge is 2.13. The molecule has 0 aliphatic carbocycles. The standard InChI is InChI=1S/C12H8BrN3O3S2/c1-6-14-9(11(13)21-6)5-20-12-15-8-4-7(16(17)18)2-3-10(8)19-12/h2-4H,5H2,1H3. The van der Waals surface area contributed by atoms with Gasteiger partial charge in [0.1, 0.15) is 5.52 Å². The zero-order valence-electron chi connectivity index (χ0n) is 10.7. The molecule has 0 atom stereocenters. The van der Waals surface area contributed by atoms with Gasteiger partial charge in [-0.15, -0.1) is 11.3 Å². The fraction of sp³-hybridized carbons (Fsp3) is 0.167. The number of fused-ring (bicyclic) bond motifs is 1. The molecule has 0 N–H and O–H groups in total. The second-order valence-corrected chi connectivity index (χ2v) is 7.58. The lowest BCUT2D eigenvalue weighted by atomic mass is 10.3. The Hall–Kier alpha value is -1.45. The summed E-state index contributed by atoms with van der Waals surface area (Å²) >= 11 is 6.46. The number of halogens is 1. The van der Waals surface area contributed by atoms with Crippen molar-refractivity contribution in [3.63, 3.8) is 0 Å². The summed E-state index contributed by atoms with van der Waals surface area (Å²) in [6.45, 7) is 1.95. The fourth-order valence-corrected chi connectivity index (χ4v) is 4.37. The Labute approximate surface area is 135 Å². The zero-order chi connectivity index (χ0) is 15.0. The van der Waals surface area contributed by atoms with E-state index in [1.807, 2.05) is 6.92 Å². The first-order chi connectivity index (χ1) is 10.0. The van der Waals surface area contributed by atoms with Gasteiger partial charge >= 0.3 is 0 Å². The molecule has 0 spiro atoms. The van der Waals surface area contributed by atoms with Gasteiger partial charge < -0.3 is 4.42 Å². The average molecular weight is 386 g/mol. The monoisotopic (exact) mass is 385 g/mol. The Morgan fingerprint density at radius 2 is 2.29 bits per heavy atom. The van der Waals surface area contributed by atoms with Crippen LogP contribution in [0, 0.1) is 17.0 Å². The Balaban J connectivity index is 1.81. The van der Waals surface area contributed by atoms with Crippen LogP contribution < -0.4 is 0 Å². The number of nitro groups is 1. The minimum absolute atomic E-state index is 0.00483. The first-order valence-electron chi connectivity index (χ1n) is 5.82. The van der Waals surface area contributed by atoms with E-state index in [0.717, 1.165) is 14.5 Å². The van der Waals surface area contributed by atoms with Crippen LogP contribution in [0.4, 0.5) is 5.69 Å². The van der Waals surface area contributed by atoms with Crippen molar-refractivity contribution in [3.05, 3.63) is 42.8 Å². The summed E-state index contributed by atoms with van der Waals surface area (Å²) < 4.78 is 6.56. The largest absolute Gasteiger partial charge is 0.431 e. The Morgan fingerprint density at radius 1 is 1.48 bits per heavy atom. The van der Waals surface area contributed by atoms with Gasteiger partial charge in [0.05, 0.1) is 19.4 Å². The molecule has 0 saturated heterocycles. The SMILES string of the molecule is Cc1nc(CSc2nc3cc([N+](=O)[O-])ccc3o2)c(Br)s1. The van der Waals surface area contributed by atoms with Gasteiger partial charge in [-0.2, -0.15) is 0 Å². The summed E-state index contributed by atoms with van der Waals surface area (Å²) in [6.07, 6.45) is 0. The Morgan fingerprint density at radius 3 is 2.95 bits per heavy atom. The molecule has 2 heterocycles. The van der Waals surface area contributed by atoms with E-state index in [9.17, 15) is 10.1 Å². The second-order valence-electron chi connectivity index (χ2n) is 4.13. The molecular formula is C12H8BrN3O3S2. The van der Waals surface area contributed by atoms with Crippen molar-refractivity contribution in [1.82, 2.24) is 9.97 Å². The number of hydrogen-bond donors (Lipinski definition) is 0. The van der Waals surface area contributed by atoms with E-state index in [1.165, 1.54) is 23.9 Å². The highest BCUT2D eigenvalue weighted by Crippen LogP contribution is 2.32. The molecule has 0 bridgehead atoms. The summed E-state index contributed by atoms with van der Waals surface area (Å²) in [5.41, 5.74) is 1.97. The van der Waals surface area contributed by atoms with Crippen LogP contribution in [0.1, 0.15) is 10.7 Å². The fourth-order valence-electron chi connectivity index (χ4n) is 1.73. The van der Waals surface area contributed by atoms with Gasteiger partial charge in [0.2, 0.25) is 0 Å². The quantitative estimate of drug-likeness (QED) is 0.372. The molecule has 0 amide bonds. The molecule has 108 valence electrons. The number of thioether (sulfide) groups is 1. The van der Waals surface area contributed by atoms with Crippen LogP contribution >= 0.6 is 39.0 Å². The molecule has 3 rings (SSSR count). The number of aromatic nitrogens is 2. The molecule has 3 aromatic rings. The third-order valence-corrected chi connectivity index (χ3v) is 5.24. The number of non-ortho nitro benzene ring substituents is 1. The highest BCUT2D eigenvalue weighted by atomic mass is 79.9. The number of aryl methyl sites for hydroxylation is 1. The molecule has 2 aromatic heterocycles. The summed E-state index contributed by atoms with van der Waals surface area (Å²) in [5.74, 6) is 0.625. The molecule has 0 aliphatic heterocycles. The van der Waals surface area contributed by atoms with Gasteiger partial charge in [0.15, 0.2) is 5.58 Å². The maximum absolute atomic E-state index is 10.7. The Kier molecular flexibility index (Phi) is 3.96. The lowest BCUT2D eigenvalue weighted by Gasteiger charge is -1.93. The van der Waals surface area contributed by atoms with Crippen molar-refractivity contribution < 1.29 is 9.34 Å². The van der Waals surface area contributed by atoms with Gasteiger partial charge in [0, 0.05) is 17.9 Å². The van der Waals surface area contributed by atoms with Crippen molar-refractivity contribution in [2.24, 2.45) is 0 Å². The summed E-state index contributed by atoms with van der Waals surface area (Å²) in [6, 6.07) is 4.38. The van der Waals surface area contributed by atoms with Crippen molar-refractivity contribution >= 4 is 55.8 Å². The van der Waals surface area contributed by atoms with Gasteiger partial charge in [0.25, 0.3) is 10.9 Å². The molecule has 0 fully saturated rings.